The Balaban J connectivity index is 1.95. The molecule has 1 saturated carbocycles. The van der Waals surface area contributed by atoms with Crippen LogP contribution in [0.25, 0.3) is 0 Å². The van der Waals surface area contributed by atoms with E-state index in [9.17, 15) is 5.11 Å². The van der Waals surface area contributed by atoms with Gasteiger partial charge in [-0.2, -0.15) is 5.10 Å². The van der Waals surface area contributed by atoms with Gasteiger partial charge in [-0.25, -0.2) is 0 Å². The number of hydrogen-bond donors (Lipinski definition) is 2. The molecule has 1 aliphatic carbocycles. The first-order chi connectivity index (χ1) is 9.62. The quantitative estimate of drug-likeness (QED) is 0.849. The minimum absolute atomic E-state index is 0.0663. The molecule has 0 atom stereocenters. The lowest BCUT2D eigenvalue weighted by molar-refractivity contribution is 0.0809. The molecule has 1 fully saturated rings. The van der Waals surface area contributed by atoms with Gasteiger partial charge in [0.25, 0.3) is 0 Å². The van der Waals surface area contributed by atoms with Crippen LogP contribution in [0.3, 0.4) is 0 Å². The highest BCUT2D eigenvalue weighted by molar-refractivity contribution is 6.31. The van der Waals surface area contributed by atoms with Gasteiger partial charge in [-0.15, -0.1) is 0 Å². The van der Waals surface area contributed by atoms with E-state index in [1.165, 1.54) is 19.3 Å². The lowest BCUT2D eigenvalue weighted by Gasteiger charge is -2.35. The van der Waals surface area contributed by atoms with Gasteiger partial charge in [-0.3, -0.25) is 4.68 Å². The van der Waals surface area contributed by atoms with E-state index < -0.39 is 0 Å². The molecule has 5 heteroatoms. The Morgan fingerprint density at radius 1 is 1.35 bits per heavy atom. The molecule has 1 aromatic heterocycles. The molecule has 1 aliphatic rings. The van der Waals surface area contributed by atoms with Crippen molar-refractivity contribution < 1.29 is 5.11 Å². The molecule has 20 heavy (non-hydrogen) atoms. The maximum absolute atomic E-state index is 9.71. The van der Waals surface area contributed by atoms with Crippen LogP contribution in [0.2, 0.25) is 5.02 Å². The first-order valence-electron chi connectivity index (χ1n) is 7.65. The van der Waals surface area contributed by atoms with Crippen molar-refractivity contribution in [2.24, 2.45) is 5.41 Å². The molecule has 0 aromatic carbocycles. The molecule has 1 heterocycles. The van der Waals surface area contributed by atoms with Crippen molar-refractivity contribution in [1.29, 1.82) is 0 Å². The summed E-state index contributed by atoms with van der Waals surface area (Å²) >= 11 is 6.31. The molecule has 2 rings (SSSR count). The van der Waals surface area contributed by atoms with Gasteiger partial charge >= 0.3 is 0 Å². The van der Waals surface area contributed by atoms with Gasteiger partial charge in [0.1, 0.15) is 0 Å². The highest BCUT2D eigenvalue weighted by Crippen LogP contribution is 2.35. The summed E-state index contributed by atoms with van der Waals surface area (Å²) in [6.07, 6.45) is 6.01. The summed E-state index contributed by atoms with van der Waals surface area (Å²) in [5, 5.41) is 18.4. The van der Waals surface area contributed by atoms with Crippen molar-refractivity contribution in [3.05, 3.63) is 16.4 Å². The van der Waals surface area contributed by atoms with Gasteiger partial charge in [-0.1, -0.05) is 30.9 Å². The van der Waals surface area contributed by atoms with Crippen LogP contribution < -0.4 is 5.32 Å². The number of nitrogens with one attached hydrogen (secondary N) is 1. The SMILES string of the molecule is CCn1nc(C)c(Cl)c1CNCC1(CO)CCCCC1. The van der Waals surface area contributed by atoms with E-state index in [0.717, 1.165) is 48.9 Å². The molecule has 4 nitrogen and oxygen atoms in total. The van der Waals surface area contributed by atoms with Crippen LogP contribution in [0.15, 0.2) is 0 Å². The van der Waals surface area contributed by atoms with Crippen molar-refractivity contribution in [3.8, 4) is 0 Å². The average Bonchev–Trinajstić information content (AvgIpc) is 2.76. The van der Waals surface area contributed by atoms with E-state index in [-0.39, 0.29) is 12.0 Å². The predicted octanol–water partition coefficient (Wildman–Crippen LogP) is 2.90. The molecule has 0 saturated heterocycles. The van der Waals surface area contributed by atoms with Gasteiger partial charge < -0.3 is 10.4 Å². The molecule has 2 N–H and O–H groups in total. The lowest BCUT2D eigenvalue weighted by atomic mass is 9.74. The van der Waals surface area contributed by atoms with Crippen LogP contribution in [-0.2, 0) is 13.1 Å². The van der Waals surface area contributed by atoms with Crippen molar-refractivity contribution in [2.75, 3.05) is 13.2 Å². The second-order valence-corrected chi connectivity index (χ2v) is 6.36. The van der Waals surface area contributed by atoms with Gasteiger partial charge in [-0.05, 0) is 26.7 Å². The lowest BCUT2D eigenvalue weighted by Crippen LogP contribution is -2.39. The standard InChI is InChI=1S/C15H26ClN3O/c1-3-19-13(14(16)12(2)18-19)9-17-10-15(11-20)7-5-4-6-8-15/h17,20H,3-11H2,1-2H3. The fourth-order valence-electron chi connectivity index (χ4n) is 3.18. The van der Waals surface area contributed by atoms with E-state index in [0.29, 0.717) is 0 Å². The molecule has 1 aromatic rings. The zero-order valence-electron chi connectivity index (χ0n) is 12.6. The third-order valence-corrected chi connectivity index (χ3v) is 4.99. The summed E-state index contributed by atoms with van der Waals surface area (Å²) in [6, 6.07) is 0. The maximum Gasteiger partial charge on any atom is 0.0860 e. The van der Waals surface area contributed by atoms with Gasteiger partial charge in [0, 0.05) is 31.7 Å². The van der Waals surface area contributed by atoms with Crippen LogP contribution in [0, 0.1) is 12.3 Å². The number of aryl methyl sites for hydroxylation is 2. The van der Waals surface area contributed by atoms with Crippen LogP contribution in [0.5, 0.6) is 0 Å². The summed E-state index contributed by atoms with van der Waals surface area (Å²) in [7, 11) is 0. The molecular weight excluding hydrogens is 274 g/mol. The topological polar surface area (TPSA) is 50.1 Å². The molecule has 0 bridgehead atoms. The highest BCUT2D eigenvalue weighted by Gasteiger charge is 2.31. The first kappa shape index (κ1) is 15.8. The van der Waals surface area contributed by atoms with Crippen molar-refractivity contribution >= 4 is 11.6 Å². The van der Waals surface area contributed by atoms with Gasteiger partial charge in [0.05, 0.1) is 16.4 Å². The number of aromatic nitrogens is 2. The monoisotopic (exact) mass is 299 g/mol. The largest absolute Gasteiger partial charge is 0.396 e. The Bertz CT molecular complexity index is 439. The Hall–Kier alpha value is -0.580. The Kier molecular flexibility index (Phi) is 5.47. The van der Waals surface area contributed by atoms with Crippen LogP contribution in [0.4, 0.5) is 0 Å². The number of aliphatic hydroxyl groups excluding tert-OH is 1. The third-order valence-electron chi connectivity index (χ3n) is 4.49. The Labute approximate surface area is 126 Å². The highest BCUT2D eigenvalue weighted by atomic mass is 35.5. The second kappa shape index (κ2) is 6.92. The van der Waals surface area contributed by atoms with Crippen molar-refractivity contribution in [2.45, 2.75) is 59.0 Å². The predicted molar refractivity (Wildman–Crippen MR) is 82.0 cm³/mol. The fourth-order valence-corrected chi connectivity index (χ4v) is 3.38. The maximum atomic E-state index is 9.71. The summed E-state index contributed by atoms with van der Waals surface area (Å²) in [4.78, 5) is 0. The fraction of sp³-hybridized carbons (Fsp3) is 0.800. The summed E-state index contributed by atoms with van der Waals surface area (Å²) in [5.41, 5.74) is 2.01. The zero-order valence-corrected chi connectivity index (χ0v) is 13.3. The third kappa shape index (κ3) is 3.35. The molecule has 0 unspecified atom stereocenters. The number of halogens is 1. The zero-order chi connectivity index (χ0) is 14.6. The minimum atomic E-state index is 0.0663. The first-order valence-corrected chi connectivity index (χ1v) is 8.03. The van der Waals surface area contributed by atoms with Crippen molar-refractivity contribution in [3.63, 3.8) is 0 Å². The second-order valence-electron chi connectivity index (χ2n) is 5.98. The van der Waals surface area contributed by atoms with Crippen LogP contribution in [-0.4, -0.2) is 28.0 Å². The Morgan fingerprint density at radius 2 is 2.05 bits per heavy atom. The molecule has 114 valence electrons. The molecule has 0 radical (unpaired) electrons. The number of nitrogens with zero attached hydrogens (tertiary/aromatic N) is 2. The number of aliphatic hydroxyl groups is 1. The van der Waals surface area contributed by atoms with Crippen molar-refractivity contribution in [1.82, 2.24) is 15.1 Å². The van der Waals surface area contributed by atoms with Gasteiger partial charge in [0.15, 0.2) is 0 Å². The smallest absolute Gasteiger partial charge is 0.0860 e. The van der Waals surface area contributed by atoms with E-state index in [1.54, 1.807) is 0 Å². The van der Waals surface area contributed by atoms with Gasteiger partial charge in [0.2, 0.25) is 0 Å². The van der Waals surface area contributed by atoms with E-state index in [2.05, 4.69) is 17.3 Å². The average molecular weight is 300 g/mol. The summed E-state index contributed by atoms with van der Waals surface area (Å²) in [5.74, 6) is 0. The van der Waals surface area contributed by atoms with Crippen LogP contribution >= 0.6 is 11.6 Å². The van der Waals surface area contributed by atoms with Crippen LogP contribution in [0.1, 0.15) is 50.4 Å². The summed E-state index contributed by atoms with van der Waals surface area (Å²) in [6.45, 7) is 6.69. The number of hydrogen-bond acceptors (Lipinski definition) is 3. The Morgan fingerprint density at radius 3 is 2.65 bits per heavy atom. The molecular formula is C15H26ClN3O. The molecule has 0 aliphatic heterocycles. The normalized spacial score (nSPS) is 18.4. The summed E-state index contributed by atoms with van der Waals surface area (Å²) < 4.78 is 1.96. The van der Waals surface area contributed by atoms with E-state index in [4.69, 9.17) is 11.6 Å². The van der Waals surface area contributed by atoms with E-state index >= 15 is 0 Å². The number of rotatable bonds is 6. The molecule has 0 amide bonds. The van der Waals surface area contributed by atoms with E-state index in [1.807, 2.05) is 11.6 Å². The minimum Gasteiger partial charge on any atom is -0.396 e. The molecule has 0 spiro atoms.